The van der Waals surface area contributed by atoms with Crippen LogP contribution >= 0.6 is 11.3 Å². The van der Waals surface area contributed by atoms with Crippen LogP contribution in [0.1, 0.15) is 29.9 Å². The lowest BCUT2D eigenvalue weighted by Gasteiger charge is -2.05. The highest BCUT2D eigenvalue weighted by Gasteiger charge is 2.46. The second kappa shape index (κ2) is 3.93. The Bertz CT molecular complexity index is 677. The molecule has 1 fully saturated rings. The molecular weight excluding hydrogens is 263 g/mol. The van der Waals surface area contributed by atoms with Gasteiger partial charge in [-0.3, -0.25) is 4.79 Å². The number of carbonyl (C=O) groups excluding carboxylic acids is 1. The molecule has 0 saturated heterocycles. The first-order valence-electron chi connectivity index (χ1n) is 6.17. The molecule has 0 spiro atoms. The minimum atomic E-state index is -0.378. The lowest BCUT2D eigenvalue weighted by Crippen LogP contribution is -2.28. The van der Waals surface area contributed by atoms with Crippen LogP contribution in [0, 0.1) is 11.2 Å². The topological polar surface area (TPSA) is 55.1 Å². The van der Waals surface area contributed by atoms with Gasteiger partial charge in [-0.15, -0.1) is 11.3 Å². The Morgan fingerprint density at radius 3 is 2.79 bits per heavy atom. The van der Waals surface area contributed by atoms with Crippen LogP contribution in [-0.2, 0) is 0 Å². The molecule has 1 atom stereocenters. The van der Waals surface area contributed by atoms with E-state index in [2.05, 4.69) is 19.2 Å². The number of rotatable bonds is 2. The van der Waals surface area contributed by atoms with E-state index in [0.717, 1.165) is 6.42 Å². The van der Waals surface area contributed by atoms with Gasteiger partial charge in [-0.05, 0) is 24.0 Å². The lowest BCUT2D eigenvalue weighted by molar-refractivity contribution is 0.0951. The van der Waals surface area contributed by atoms with E-state index in [1.54, 1.807) is 12.1 Å². The van der Waals surface area contributed by atoms with Crippen LogP contribution in [0.25, 0.3) is 10.1 Å². The number of amides is 1. The van der Waals surface area contributed by atoms with Crippen LogP contribution in [0.4, 0.5) is 10.1 Å². The summed E-state index contributed by atoms with van der Waals surface area (Å²) in [7, 11) is 0. The Hall–Kier alpha value is -1.62. The van der Waals surface area contributed by atoms with Crippen molar-refractivity contribution in [2.45, 2.75) is 26.3 Å². The molecule has 3 N–H and O–H groups in total. The molecule has 5 heteroatoms. The van der Waals surface area contributed by atoms with Gasteiger partial charge < -0.3 is 11.1 Å². The third-order valence-corrected chi connectivity index (χ3v) is 4.90. The van der Waals surface area contributed by atoms with Gasteiger partial charge in [0, 0.05) is 10.7 Å². The van der Waals surface area contributed by atoms with Crippen molar-refractivity contribution in [3.05, 3.63) is 28.9 Å². The summed E-state index contributed by atoms with van der Waals surface area (Å²) in [4.78, 5) is 12.6. The third kappa shape index (κ3) is 1.98. The van der Waals surface area contributed by atoms with Gasteiger partial charge in [0.15, 0.2) is 0 Å². The van der Waals surface area contributed by atoms with Crippen molar-refractivity contribution in [3.8, 4) is 0 Å². The number of carbonyl (C=O) groups is 1. The molecule has 0 aliphatic heterocycles. The first-order valence-corrected chi connectivity index (χ1v) is 6.99. The number of thiophene rings is 1. The number of fused-ring (bicyclic) bond motifs is 1. The second-order valence-electron chi connectivity index (χ2n) is 5.68. The Morgan fingerprint density at radius 1 is 1.53 bits per heavy atom. The summed E-state index contributed by atoms with van der Waals surface area (Å²) in [6, 6.07) is 4.95. The van der Waals surface area contributed by atoms with Gasteiger partial charge in [-0.25, -0.2) is 4.39 Å². The summed E-state index contributed by atoms with van der Waals surface area (Å²) in [5, 5.41) is 3.31. The zero-order valence-corrected chi connectivity index (χ0v) is 11.6. The van der Waals surface area contributed by atoms with Gasteiger partial charge in [-0.1, -0.05) is 19.9 Å². The highest BCUT2D eigenvalue weighted by molar-refractivity contribution is 7.21. The van der Waals surface area contributed by atoms with Gasteiger partial charge >= 0.3 is 0 Å². The number of nitrogens with two attached hydrogens (primary N) is 1. The van der Waals surface area contributed by atoms with E-state index in [-0.39, 0.29) is 28.9 Å². The van der Waals surface area contributed by atoms with Crippen LogP contribution in [0.5, 0.6) is 0 Å². The van der Waals surface area contributed by atoms with Crippen molar-refractivity contribution in [2.24, 2.45) is 5.41 Å². The molecule has 3 rings (SSSR count). The fourth-order valence-corrected chi connectivity index (χ4v) is 3.27. The molecule has 19 heavy (non-hydrogen) atoms. The minimum Gasteiger partial charge on any atom is -0.397 e. The molecule has 0 radical (unpaired) electrons. The average molecular weight is 278 g/mol. The maximum atomic E-state index is 13.7. The van der Waals surface area contributed by atoms with Crippen molar-refractivity contribution in [3.63, 3.8) is 0 Å². The molecular formula is C14H15FN2OS. The van der Waals surface area contributed by atoms with Gasteiger partial charge in [0.25, 0.3) is 5.91 Å². The highest BCUT2D eigenvalue weighted by Crippen LogP contribution is 2.45. The first-order chi connectivity index (χ1) is 8.90. The standard InChI is InChI=1S/C14H15FN2OS/c1-14(2)6-9(14)17-13(18)12-11(16)10-7(15)4-3-5-8(10)19-12/h3-5,9H,6,16H2,1-2H3,(H,17,18). The lowest BCUT2D eigenvalue weighted by atomic mass is 10.2. The Labute approximate surface area is 114 Å². The van der Waals surface area contributed by atoms with Gasteiger partial charge in [-0.2, -0.15) is 0 Å². The van der Waals surface area contributed by atoms with Crippen molar-refractivity contribution >= 4 is 33.0 Å². The number of nitrogens with one attached hydrogen (secondary N) is 1. The molecule has 2 aromatic rings. The van der Waals surface area contributed by atoms with Crippen molar-refractivity contribution in [1.29, 1.82) is 0 Å². The van der Waals surface area contributed by atoms with E-state index < -0.39 is 0 Å². The molecule has 1 aromatic carbocycles. The molecule has 1 heterocycles. The highest BCUT2D eigenvalue weighted by atomic mass is 32.1. The van der Waals surface area contributed by atoms with E-state index in [0.29, 0.717) is 15.0 Å². The van der Waals surface area contributed by atoms with Crippen LogP contribution in [0.3, 0.4) is 0 Å². The maximum absolute atomic E-state index is 13.7. The monoisotopic (exact) mass is 278 g/mol. The molecule has 1 unspecified atom stereocenters. The van der Waals surface area contributed by atoms with Crippen molar-refractivity contribution in [2.75, 3.05) is 5.73 Å². The molecule has 1 aliphatic carbocycles. The zero-order chi connectivity index (χ0) is 13.8. The van der Waals surface area contributed by atoms with Crippen LogP contribution < -0.4 is 11.1 Å². The number of nitrogen functional groups attached to an aromatic ring is 1. The molecule has 1 aliphatic rings. The molecule has 1 amide bonds. The SMILES string of the molecule is CC1(C)CC1NC(=O)c1sc2cccc(F)c2c1N. The molecule has 100 valence electrons. The number of hydrogen-bond acceptors (Lipinski definition) is 3. The Balaban J connectivity index is 1.95. The maximum Gasteiger partial charge on any atom is 0.263 e. The number of hydrogen-bond donors (Lipinski definition) is 2. The fourth-order valence-electron chi connectivity index (χ4n) is 2.24. The Kier molecular flexibility index (Phi) is 2.57. The molecule has 1 saturated carbocycles. The normalized spacial score (nSPS) is 20.5. The predicted molar refractivity (Wildman–Crippen MR) is 75.8 cm³/mol. The van der Waals surface area contributed by atoms with Crippen LogP contribution in [-0.4, -0.2) is 11.9 Å². The van der Waals surface area contributed by atoms with E-state index in [9.17, 15) is 9.18 Å². The minimum absolute atomic E-state index is 0.159. The summed E-state index contributed by atoms with van der Waals surface area (Å²) in [5.41, 5.74) is 6.32. The number of halogens is 1. The van der Waals surface area contributed by atoms with Gasteiger partial charge in [0.2, 0.25) is 0 Å². The average Bonchev–Trinajstić information content (AvgIpc) is 2.78. The number of benzene rings is 1. The third-order valence-electron chi connectivity index (χ3n) is 3.73. The quantitative estimate of drug-likeness (QED) is 0.886. The predicted octanol–water partition coefficient (Wildman–Crippen LogP) is 3.15. The summed E-state index contributed by atoms with van der Waals surface area (Å²) in [6.45, 7) is 4.21. The largest absolute Gasteiger partial charge is 0.397 e. The van der Waals surface area contributed by atoms with E-state index in [4.69, 9.17) is 5.73 Å². The van der Waals surface area contributed by atoms with E-state index in [1.165, 1.54) is 17.4 Å². The second-order valence-corrected chi connectivity index (χ2v) is 6.73. The summed E-state index contributed by atoms with van der Waals surface area (Å²) < 4.78 is 14.4. The zero-order valence-electron chi connectivity index (χ0n) is 10.8. The number of anilines is 1. The first kappa shape index (κ1) is 12.4. The summed E-state index contributed by atoms with van der Waals surface area (Å²) in [6.07, 6.45) is 0.970. The summed E-state index contributed by atoms with van der Waals surface area (Å²) >= 11 is 1.24. The molecule has 1 aromatic heterocycles. The van der Waals surface area contributed by atoms with Gasteiger partial charge in [0.05, 0.1) is 11.1 Å². The smallest absolute Gasteiger partial charge is 0.263 e. The van der Waals surface area contributed by atoms with E-state index >= 15 is 0 Å². The summed E-state index contributed by atoms with van der Waals surface area (Å²) in [5.74, 6) is -0.578. The fraction of sp³-hybridized carbons (Fsp3) is 0.357. The van der Waals surface area contributed by atoms with E-state index in [1.807, 2.05) is 0 Å². The Morgan fingerprint density at radius 2 is 2.21 bits per heavy atom. The van der Waals surface area contributed by atoms with Crippen LogP contribution in [0.15, 0.2) is 18.2 Å². The van der Waals surface area contributed by atoms with Crippen molar-refractivity contribution in [1.82, 2.24) is 5.32 Å². The molecule has 0 bridgehead atoms. The van der Waals surface area contributed by atoms with Crippen LogP contribution in [0.2, 0.25) is 0 Å². The van der Waals surface area contributed by atoms with Gasteiger partial charge in [0.1, 0.15) is 10.7 Å². The van der Waals surface area contributed by atoms with Crippen molar-refractivity contribution < 1.29 is 9.18 Å². The molecule has 3 nitrogen and oxygen atoms in total.